The molecule has 5 nitrogen and oxygen atoms in total. The molecule has 0 aliphatic carbocycles. The normalized spacial score (nSPS) is 10.4. The SMILES string of the molecule is COc1ccccc1Nc1cncc(C(=O)NCC(C)C)c1. The van der Waals surface area contributed by atoms with E-state index in [0.29, 0.717) is 18.0 Å². The molecule has 2 aromatic rings. The number of nitrogens with one attached hydrogen (secondary N) is 2. The summed E-state index contributed by atoms with van der Waals surface area (Å²) < 4.78 is 5.30. The number of para-hydroxylation sites is 2. The summed E-state index contributed by atoms with van der Waals surface area (Å²) in [6, 6.07) is 9.37. The molecule has 1 heterocycles. The van der Waals surface area contributed by atoms with Gasteiger partial charge in [0.25, 0.3) is 5.91 Å². The van der Waals surface area contributed by atoms with Gasteiger partial charge < -0.3 is 15.4 Å². The van der Waals surface area contributed by atoms with Crippen LogP contribution < -0.4 is 15.4 Å². The molecule has 116 valence electrons. The average molecular weight is 299 g/mol. The van der Waals surface area contributed by atoms with Gasteiger partial charge in [-0.1, -0.05) is 26.0 Å². The van der Waals surface area contributed by atoms with Crippen molar-refractivity contribution in [3.63, 3.8) is 0 Å². The highest BCUT2D eigenvalue weighted by atomic mass is 16.5. The third kappa shape index (κ3) is 4.22. The number of hydrogen-bond donors (Lipinski definition) is 2. The van der Waals surface area contributed by atoms with Gasteiger partial charge in [-0.3, -0.25) is 9.78 Å². The van der Waals surface area contributed by atoms with Crippen LogP contribution in [0.5, 0.6) is 5.75 Å². The Labute approximate surface area is 130 Å². The number of pyridine rings is 1. The summed E-state index contributed by atoms with van der Waals surface area (Å²) in [5, 5.41) is 6.10. The van der Waals surface area contributed by atoms with E-state index in [2.05, 4.69) is 29.5 Å². The molecule has 0 atom stereocenters. The van der Waals surface area contributed by atoms with E-state index in [-0.39, 0.29) is 5.91 Å². The van der Waals surface area contributed by atoms with Gasteiger partial charge in [-0.25, -0.2) is 0 Å². The number of hydrogen-bond acceptors (Lipinski definition) is 4. The number of aromatic nitrogens is 1. The molecule has 0 unspecified atom stereocenters. The maximum Gasteiger partial charge on any atom is 0.252 e. The molecule has 5 heteroatoms. The van der Waals surface area contributed by atoms with Crippen LogP contribution >= 0.6 is 0 Å². The van der Waals surface area contributed by atoms with Gasteiger partial charge in [0.1, 0.15) is 5.75 Å². The fourth-order valence-corrected chi connectivity index (χ4v) is 1.93. The van der Waals surface area contributed by atoms with Gasteiger partial charge in [0.2, 0.25) is 0 Å². The zero-order valence-corrected chi connectivity index (χ0v) is 13.1. The van der Waals surface area contributed by atoms with Gasteiger partial charge in [-0.15, -0.1) is 0 Å². The molecule has 0 radical (unpaired) electrons. The van der Waals surface area contributed by atoms with Crippen molar-refractivity contribution >= 4 is 17.3 Å². The first-order valence-corrected chi connectivity index (χ1v) is 7.23. The number of ether oxygens (including phenoxy) is 1. The summed E-state index contributed by atoms with van der Waals surface area (Å²) in [4.78, 5) is 16.2. The van der Waals surface area contributed by atoms with Crippen LogP contribution in [0.2, 0.25) is 0 Å². The van der Waals surface area contributed by atoms with E-state index in [0.717, 1.165) is 17.1 Å². The minimum Gasteiger partial charge on any atom is -0.495 e. The third-order valence-corrected chi connectivity index (χ3v) is 3.06. The third-order valence-electron chi connectivity index (χ3n) is 3.06. The predicted molar refractivity (Wildman–Crippen MR) is 87.7 cm³/mol. The molecule has 0 fully saturated rings. The maximum atomic E-state index is 12.1. The Morgan fingerprint density at radius 1 is 1.27 bits per heavy atom. The quantitative estimate of drug-likeness (QED) is 0.859. The number of nitrogens with zero attached hydrogens (tertiary/aromatic N) is 1. The van der Waals surface area contributed by atoms with E-state index in [1.807, 2.05) is 24.3 Å². The number of benzene rings is 1. The van der Waals surface area contributed by atoms with Crippen LogP contribution in [0.1, 0.15) is 24.2 Å². The smallest absolute Gasteiger partial charge is 0.252 e. The fraction of sp³-hybridized carbons (Fsp3) is 0.294. The highest BCUT2D eigenvalue weighted by Crippen LogP contribution is 2.26. The van der Waals surface area contributed by atoms with Crippen molar-refractivity contribution < 1.29 is 9.53 Å². The highest BCUT2D eigenvalue weighted by Gasteiger charge is 2.08. The zero-order valence-electron chi connectivity index (χ0n) is 13.1. The Kier molecular flexibility index (Phi) is 5.36. The Morgan fingerprint density at radius 2 is 2.05 bits per heavy atom. The number of anilines is 2. The summed E-state index contributed by atoms with van der Waals surface area (Å²) in [5.41, 5.74) is 2.09. The molecule has 0 spiro atoms. The van der Waals surface area contributed by atoms with E-state index in [4.69, 9.17) is 4.74 Å². The van der Waals surface area contributed by atoms with Crippen molar-refractivity contribution in [2.45, 2.75) is 13.8 Å². The minimum atomic E-state index is -0.120. The Balaban J connectivity index is 2.13. The van der Waals surface area contributed by atoms with Crippen molar-refractivity contribution in [3.8, 4) is 5.75 Å². The van der Waals surface area contributed by atoms with E-state index in [9.17, 15) is 4.79 Å². The van der Waals surface area contributed by atoms with Gasteiger partial charge in [-0.05, 0) is 24.1 Å². The lowest BCUT2D eigenvalue weighted by Gasteiger charge is -2.12. The maximum absolute atomic E-state index is 12.1. The average Bonchev–Trinajstić information content (AvgIpc) is 2.53. The molecule has 0 saturated carbocycles. The van der Waals surface area contributed by atoms with Crippen molar-refractivity contribution in [1.82, 2.24) is 10.3 Å². The van der Waals surface area contributed by atoms with Crippen LogP contribution in [0.25, 0.3) is 0 Å². The van der Waals surface area contributed by atoms with Crippen molar-refractivity contribution in [3.05, 3.63) is 48.3 Å². The van der Waals surface area contributed by atoms with E-state index >= 15 is 0 Å². The Morgan fingerprint density at radius 3 is 2.77 bits per heavy atom. The lowest BCUT2D eigenvalue weighted by molar-refractivity contribution is 0.0948. The molecule has 0 aliphatic rings. The van der Waals surface area contributed by atoms with Crippen LogP contribution in [-0.4, -0.2) is 24.5 Å². The van der Waals surface area contributed by atoms with Gasteiger partial charge in [0, 0.05) is 12.7 Å². The summed E-state index contributed by atoms with van der Waals surface area (Å²) in [6.07, 6.45) is 3.23. The molecule has 2 N–H and O–H groups in total. The molecule has 2 rings (SSSR count). The standard InChI is InChI=1S/C17H21N3O2/c1-12(2)9-19-17(21)13-8-14(11-18-10-13)20-15-6-4-5-7-16(15)22-3/h4-8,10-12,20H,9H2,1-3H3,(H,19,21). The first kappa shape index (κ1) is 15.8. The van der Waals surface area contributed by atoms with E-state index < -0.39 is 0 Å². The highest BCUT2D eigenvalue weighted by molar-refractivity contribution is 5.94. The first-order valence-electron chi connectivity index (χ1n) is 7.23. The number of carbonyl (C=O) groups is 1. The van der Waals surface area contributed by atoms with E-state index in [1.54, 1.807) is 25.6 Å². The van der Waals surface area contributed by atoms with Crippen LogP contribution in [0, 0.1) is 5.92 Å². The second-order valence-electron chi connectivity index (χ2n) is 5.39. The monoisotopic (exact) mass is 299 g/mol. The predicted octanol–water partition coefficient (Wildman–Crippen LogP) is 3.22. The molecule has 0 aliphatic heterocycles. The van der Waals surface area contributed by atoms with Crippen LogP contribution in [-0.2, 0) is 0 Å². The molecule has 1 aromatic heterocycles. The molecule has 0 bridgehead atoms. The topological polar surface area (TPSA) is 63.2 Å². The molecule has 0 saturated heterocycles. The lowest BCUT2D eigenvalue weighted by Crippen LogP contribution is -2.27. The van der Waals surface area contributed by atoms with Gasteiger partial charge >= 0.3 is 0 Å². The van der Waals surface area contributed by atoms with Crippen LogP contribution in [0.4, 0.5) is 11.4 Å². The molecular weight excluding hydrogens is 278 g/mol. The molecular formula is C17H21N3O2. The Bertz CT molecular complexity index is 641. The number of carbonyl (C=O) groups excluding carboxylic acids is 1. The van der Waals surface area contributed by atoms with Gasteiger partial charge in [-0.2, -0.15) is 0 Å². The second-order valence-corrected chi connectivity index (χ2v) is 5.39. The summed E-state index contributed by atoms with van der Waals surface area (Å²) in [7, 11) is 1.62. The first-order chi connectivity index (χ1) is 10.6. The summed E-state index contributed by atoms with van der Waals surface area (Å²) in [6.45, 7) is 4.75. The Hall–Kier alpha value is -2.56. The molecule has 1 amide bonds. The van der Waals surface area contributed by atoms with Crippen LogP contribution in [0.15, 0.2) is 42.7 Å². The largest absolute Gasteiger partial charge is 0.495 e. The second kappa shape index (κ2) is 7.45. The van der Waals surface area contributed by atoms with Gasteiger partial charge in [0.05, 0.1) is 30.2 Å². The van der Waals surface area contributed by atoms with Crippen molar-refractivity contribution in [2.24, 2.45) is 5.92 Å². The summed E-state index contributed by atoms with van der Waals surface area (Å²) >= 11 is 0. The molecule has 22 heavy (non-hydrogen) atoms. The van der Waals surface area contributed by atoms with Crippen LogP contribution in [0.3, 0.4) is 0 Å². The lowest BCUT2D eigenvalue weighted by atomic mass is 10.2. The molecule has 1 aromatic carbocycles. The fourth-order valence-electron chi connectivity index (χ4n) is 1.93. The summed E-state index contributed by atoms with van der Waals surface area (Å²) in [5.74, 6) is 1.02. The number of rotatable bonds is 6. The zero-order chi connectivity index (χ0) is 15.9. The van der Waals surface area contributed by atoms with Crippen molar-refractivity contribution in [1.29, 1.82) is 0 Å². The minimum absolute atomic E-state index is 0.120. The number of methoxy groups -OCH3 is 1. The van der Waals surface area contributed by atoms with Gasteiger partial charge in [0.15, 0.2) is 0 Å². The van der Waals surface area contributed by atoms with E-state index in [1.165, 1.54) is 0 Å². The van der Waals surface area contributed by atoms with Crippen molar-refractivity contribution in [2.75, 3.05) is 19.0 Å². The number of amides is 1.